The number of rotatable bonds is 1. The number of alkyl halides is 3. The summed E-state index contributed by atoms with van der Waals surface area (Å²) in [7, 11) is 0. The van der Waals surface area contributed by atoms with Gasteiger partial charge in [0.15, 0.2) is 6.23 Å². The van der Waals surface area contributed by atoms with Gasteiger partial charge in [-0.2, -0.15) is 13.2 Å². The topological polar surface area (TPSA) is 67.4 Å². The minimum Gasteiger partial charge on any atom is -0.439 e. The number of ether oxygens (including phenoxy) is 1. The first-order valence-electron chi connectivity index (χ1n) is 5.16. The molecule has 0 aromatic carbocycles. The normalized spacial score (nSPS) is 32.9. The zero-order valence-corrected chi connectivity index (χ0v) is 8.76. The van der Waals surface area contributed by atoms with Crippen molar-refractivity contribution in [1.29, 1.82) is 0 Å². The van der Waals surface area contributed by atoms with Crippen LogP contribution in [0.4, 0.5) is 13.2 Å². The second-order valence-electron chi connectivity index (χ2n) is 4.18. The third-order valence-electron chi connectivity index (χ3n) is 3.10. The van der Waals surface area contributed by atoms with E-state index in [1.165, 1.54) is 0 Å². The van der Waals surface area contributed by atoms with Gasteiger partial charge in [0.25, 0.3) is 0 Å². The van der Waals surface area contributed by atoms with Crippen LogP contribution in [0.2, 0.25) is 0 Å². The van der Waals surface area contributed by atoms with Crippen molar-refractivity contribution in [1.82, 2.24) is 10.6 Å². The molecular formula is C9H11F3N2O3. The molecule has 2 atom stereocenters. The molecule has 2 aliphatic heterocycles. The lowest BCUT2D eigenvalue weighted by atomic mass is 9.72. The maximum atomic E-state index is 12.0. The number of hydrogen-bond acceptors (Lipinski definition) is 4. The van der Waals surface area contributed by atoms with Crippen molar-refractivity contribution in [3.05, 3.63) is 0 Å². The Morgan fingerprint density at radius 1 is 1.47 bits per heavy atom. The Bertz CT molecular complexity index is 358. The van der Waals surface area contributed by atoms with Crippen molar-refractivity contribution in [2.24, 2.45) is 5.41 Å². The fraction of sp³-hybridized carbons (Fsp3) is 0.778. The maximum absolute atomic E-state index is 12.0. The average molecular weight is 252 g/mol. The van der Waals surface area contributed by atoms with Crippen molar-refractivity contribution < 1.29 is 27.5 Å². The lowest BCUT2D eigenvalue weighted by Crippen LogP contribution is -2.71. The second-order valence-corrected chi connectivity index (χ2v) is 4.18. The highest BCUT2D eigenvalue weighted by Crippen LogP contribution is 2.38. The van der Waals surface area contributed by atoms with Gasteiger partial charge < -0.3 is 10.1 Å². The molecule has 0 saturated carbocycles. The summed E-state index contributed by atoms with van der Waals surface area (Å²) in [6.45, 7) is 0.731. The molecule has 0 aromatic heterocycles. The van der Waals surface area contributed by atoms with Crippen molar-refractivity contribution in [3.8, 4) is 0 Å². The van der Waals surface area contributed by atoms with Crippen molar-refractivity contribution in [3.63, 3.8) is 0 Å². The summed E-state index contributed by atoms with van der Waals surface area (Å²) in [5.41, 5.74) is -1.03. The zero-order valence-electron chi connectivity index (χ0n) is 8.76. The highest BCUT2D eigenvalue weighted by molar-refractivity contribution is 5.86. The number of carbonyl (C=O) groups excluding carboxylic acids is 2. The quantitative estimate of drug-likeness (QED) is 0.640. The van der Waals surface area contributed by atoms with E-state index >= 15 is 0 Å². The molecule has 5 nitrogen and oxygen atoms in total. The molecule has 2 aliphatic rings. The van der Waals surface area contributed by atoms with Gasteiger partial charge in [0.05, 0.1) is 0 Å². The van der Waals surface area contributed by atoms with Gasteiger partial charge in [-0.25, -0.2) is 4.79 Å². The van der Waals surface area contributed by atoms with E-state index in [0.717, 1.165) is 0 Å². The third-order valence-corrected chi connectivity index (χ3v) is 3.10. The molecule has 8 heteroatoms. The number of esters is 1. The van der Waals surface area contributed by atoms with Crippen LogP contribution in [0.3, 0.4) is 0 Å². The largest absolute Gasteiger partial charge is 0.490 e. The van der Waals surface area contributed by atoms with Gasteiger partial charge in [0.1, 0.15) is 5.41 Å². The summed E-state index contributed by atoms with van der Waals surface area (Å²) in [4.78, 5) is 22.3. The number of amides is 1. The smallest absolute Gasteiger partial charge is 0.439 e. The lowest BCUT2D eigenvalue weighted by Gasteiger charge is -2.49. The summed E-state index contributed by atoms with van der Waals surface area (Å²) in [6.07, 6.45) is -5.14. The molecule has 0 aromatic rings. The lowest BCUT2D eigenvalue weighted by molar-refractivity contribution is -0.222. The Morgan fingerprint density at radius 2 is 2.18 bits per heavy atom. The van der Waals surface area contributed by atoms with Gasteiger partial charge >= 0.3 is 12.1 Å². The molecule has 0 bridgehead atoms. The van der Waals surface area contributed by atoms with E-state index in [9.17, 15) is 22.8 Å². The number of carbonyl (C=O) groups is 2. The molecule has 2 fully saturated rings. The van der Waals surface area contributed by atoms with Crippen LogP contribution < -0.4 is 10.6 Å². The number of nitrogens with one attached hydrogen (secondary N) is 2. The van der Waals surface area contributed by atoms with Gasteiger partial charge in [-0.05, 0) is 12.8 Å². The summed E-state index contributed by atoms with van der Waals surface area (Å²) in [6, 6.07) is 0. The summed E-state index contributed by atoms with van der Waals surface area (Å²) >= 11 is 0. The zero-order chi connectivity index (χ0) is 12.7. The van der Waals surface area contributed by atoms with Crippen LogP contribution in [0, 0.1) is 5.41 Å². The number of halogens is 3. The molecular weight excluding hydrogens is 241 g/mol. The first-order chi connectivity index (χ1) is 7.86. The molecule has 2 heterocycles. The molecule has 0 aliphatic carbocycles. The van der Waals surface area contributed by atoms with Gasteiger partial charge in [-0.1, -0.05) is 0 Å². The van der Waals surface area contributed by atoms with E-state index in [-0.39, 0.29) is 12.5 Å². The minimum atomic E-state index is -5.04. The highest BCUT2D eigenvalue weighted by atomic mass is 19.4. The van der Waals surface area contributed by atoms with Crippen molar-refractivity contribution >= 4 is 11.9 Å². The predicted octanol–water partition coefficient (Wildman–Crippen LogP) is -0.0824. The van der Waals surface area contributed by atoms with E-state index in [1.54, 1.807) is 0 Å². The molecule has 96 valence electrons. The summed E-state index contributed by atoms with van der Waals surface area (Å²) in [5, 5.41) is 5.10. The Hall–Kier alpha value is -1.31. The van der Waals surface area contributed by atoms with E-state index < -0.39 is 23.8 Å². The van der Waals surface area contributed by atoms with Crippen molar-refractivity contribution in [2.75, 3.05) is 13.1 Å². The summed E-state index contributed by atoms with van der Waals surface area (Å²) in [5.74, 6) is -2.63. The van der Waals surface area contributed by atoms with Crippen molar-refractivity contribution in [2.45, 2.75) is 25.2 Å². The molecule has 2 N–H and O–H groups in total. The van der Waals surface area contributed by atoms with Crippen LogP contribution in [0.15, 0.2) is 0 Å². The summed E-state index contributed by atoms with van der Waals surface area (Å²) < 4.78 is 40.3. The molecule has 0 radical (unpaired) electrons. The van der Waals surface area contributed by atoms with Gasteiger partial charge in [-0.15, -0.1) is 0 Å². The number of hydrogen-bond donors (Lipinski definition) is 2. The number of piperidine rings is 1. The Labute approximate surface area is 94.7 Å². The Balaban J connectivity index is 2.03. The average Bonchev–Trinajstić information content (AvgIpc) is 2.23. The van der Waals surface area contributed by atoms with Gasteiger partial charge in [-0.3, -0.25) is 10.1 Å². The predicted molar refractivity (Wildman–Crippen MR) is 48.6 cm³/mol. The Morgan fingerprint density at radius 3 is 2.65 bits per heavy atom. The van der Waals surface area contributed by atoms with E-state index in [2.05, 4.69) is 15.4 Å². The van der Waals surface area contributed by atoms with Crippen LogP contribution in [0.5, 0.6) is 0 Å². The third kappa shape index (κ3) is 1.97. The second kappa shape index (κ2) is 3.86. The fourth-order valence-corrected chi connectivity index (χ4v) is 2.07. The SMILES string of the molecule is O=C(OC1NCC12CCCNC2=O)C(F)(F)F. The van der Waals surface area contributed by atoms with Gasteiger partial charge in [0.2, 0.25) is 5.91 Å². The van der Waals surface area contributed by atoms with Crippen LogP contribution in [-0.2, 0) is 14.3 Å². The molecule has 17 heavy (non-hydrogen) atoms. The molecule has 2 rings (SSSR count). The first-order valence-corrected chi connectivity index (χ1v) is 5.16. The van der Waals surface area contributed by atoms with Gasteiger partial charge in [0, 0.05) is 13.1 Å². The molecule has 1 amide bonds. The maximum Gasteiger partial charge on any atom is 0.490 e. The van der Waals surface area contributed by atoms with E-state index in [1.807, 2.05) is 0 Å². The molecule has 2 saturated heterocycles. The molecule has 1 spiro atoms. The van der Waals surface area contributed by atoms with Crippen LogP contribution in [0.1, 0.15) is 12.8 Å². The Kier molecular flexibility index (Phi) is 2.76. The monoisotopic (exact) mass is 252 g/mol. The molecule has 2 unspecified atom stereocenters. The first kappa shape index (κ1) is 12.2. The van der Waals surface area contributed by atoms with Crippen LogP contribution in [-0.4, -0.2) is 37.4 Å². The van der Waals surface area contributed by atoms with Crippen LogP contribution >= 0.6 is 0 Å². The standard InChI is InChI=1S/C9H11F3N2O3/c10-9(11,12)7(16)17-6-8(4-14-6)2-1-3-13-5(8)15/h6,14H,1-4H2,(H,13,15). The van der Waals surface area contributed by atoms with E-state index in [4.69, 9.17) is 0 Å². The highest BCUT2D eigenvalue weighted by Gasteiger charge is 2.57. The van der Waals surface area contributed by atoms with Crippen LogP contribution in [0.25, 0.3) is 0 Å². The minimum absolute atomic E-state index is 0.231. The fourth-order valence-electron chi connectivity index (χ4n) is 2.07. The van der Waals surface area contributed by atoms with E-state index in [0.29, 0.717) is 19.4 Å².